The molecule has 0 amide bonds. The van der Waals surface area contributed by atoms with Crippen LogP contribution in [0.2, 0.25) is 0 Å². The molecule has 1 heterocycles. The number of allylic oxidation sites excluding steroid dienone is 2. The van der Waals surface area contributed by atoms with Crippen molar-refractivity contribution in [3.63, 3.8) is 0 Å². The van der Waals surface area contributed by atoms with Crippen LogP contribution >= 0.6 is 0 Å². The molecule has 2 heteroatoms. The first kappa shape index (κ1) is 6.13. The van der Waals surface area contributed by atoms with E-state index in [4.69, 9.17) is 5.73 Å². The van der Waals surface area contributed by atoms with Gasteiger partial charge in [-0.15, -0.1) is 0 Å². The van der Waals surface area contributed by atoms with Crippen LogP contribution in [0, 0.1) is 5.92 Å². The van der Waals surface area contributed by atoms with Crippen LogP contribution in [0.5, 0.6) is 0 Å². The van der Waals surface area contributed by atoms with Gasteiger partial charge in [0.05, 0.1) is 5.54 Å². The zero-order valence-corrected chi connectivity index (χ0v) is 5.88. The summed E-state index contributed by atoms with van der Waals surface area (Å²) in [5.41, 5.74) is 5.98. The van der Waals surface area contributed by atoms with E-state index in [2.05, 4.69) is 23.5 Å². The highest BCUT2D eigenvalue weighted by molar-refractivity contribution is 5.26. The van der Waals surface area contributed by atoms with Crippen molar-refractivity contribution in [1.82, 2.24) is 5.32 Å². The molecule has 1 aliphatic carbocycles. The lowest BCUT2D eigenvalue weighted by Gasteiger charge is -2.26. The Bertz CT molecular complexity index is 195. The van der Waals surface area contributed by atoms with Gasteiger partial charge in [-0.1, -0.05) is 24.3 Å². The maximum atomic E-state index is 6.06. The predicted octanol–water partition coefficient (Wildman–Crippen LogP) is 0.0293. The second kappa shape index (κ2) is 1.94. The fourth-order valence-corrected chi connectivity index (χ4v) is 1.63. The number of nitrogens with two attached hydrogens (primary N) is 1. The van der Waals surface area contributed by atoms with Gasteiger partial charge in [-0.3, -0.25) is 0 Å². The zero-order chi connectivity index (χ0) is 7.03. The van der Waals surface area contributed by atoms with Crippen LogP contribution in [0.3, 0.4) is 0 Å². The predicted molar refractivity (Wildman–Crippen MR) is 41.6 cm³/mol. The Hall–Kier alpha value is -0.600. The molecule has 2 nitrogen and oxygen atoms in total. The van der Waals surface area contributed by atoms with E-state index in [9.17, 15) is 0 Å². The van der Waals surface area contributed by atoms with E-state index >= 15 is 0 Å². The quantitative estimate of drug-likeness (QED) is 0.493. The van der Waals surface area contributed by atoms with Gasteiger partial charge in [-0.25, -0.2) is 0 Å². The summed E-state index contributed by atoms with van der Waals surface area (Å²) in [6.07, 6.45) is 8.38. The summed E-state index contributed by atoms with van der Waals surface area (Å²) in [6.45, 7) is 1.94. The molecule has 1 saturated heterocycles. The normalized spacial score (nSPS) is 43.9. The van der Waals surface area contributed by atoms with Crippen molar-refractivity contribution in [3.8, 4) is 0 Å². The van der Waals surface area contributed by atoms with Crippen molar-refractivity contribution in [2.45, 2.75) is 5.54 Å². The molecule has 3 N–H and O–H groups in total. The summed E-state index contributed by atoms with van der Waals surface area (Å²) in [5.74, 6) is 0.512. The maximum Gasteiger partial charge on any atom is 0.0544 e. The first-order chi connectivity index (χ1) is 4.81. The van der Waals surface area contributed by atoms with E-state index in [1.807, 2.05) is 6.08 Å². The highest BCUT2D eigenvalue weighted by Crippen LogP contribution is 2.24. The molecule has 1 aliphatic heterocycles. The standard InChI is InChI=1S/C8H12N2/c9-8-4-2-1-3-7(8)5-10-6-8/h1-4,7,10H,5-6,9H2/t7-,8-/m0/s1. The lowest BCUT2D eigenvalue weighted by molar-refractivity contribution is 0.489. The minimum absolute atomic E-state index is 0.0885. The van der Waals surface area contributed by atoms with E-state index in [0.717, 1.165) is 13.1 Å². The Morgan fingerprint density at radius 2 is 2.40 bits per heavy atom. The number of rotatable bonds is 0. The molecule has 10 heavy (non-hydrogen) atoms. The molecule has 0 unspecified atom stereocenters. The minimum Gasteiger partial charge on any atom is -0.320 e. The molecule has 0 aromatic carbocycles. The Balaban J connectivity index is 2.30. The van der Waals surface area contributed by atoms with Gasteiger partial charge >= 0.3 is 0 Å². The average Bonchev–Trinajstić information content (AvgIpc) is 2.29. The van der Waals surface area contributed by atoms with Crippen LogP contribution in [-0.4, -0.2) is 18.6 Å². The summed E-state index contributed by atoms with van der Waals surface area (Å²) in [4.78, 5) is 0. The molecular formula is C8H12N2. The topological polar surface area (TPSA) is 38.0 Å². The lowest BCUT2D eigenvalue weighted by Crippen LogP contribution is -2.45. The molecule has 54 valence electrons. The van der Waals surface area contributed by atoms with Crippen LogP contribution in [-0.2, 0) is 0 Å². The summed E-state index contributed by atoms with van der Waals surface area (Å²) >= 11 is 0. The van der Waals surface area contributed by atoms with Crippen molar-refractivity contribution in [2.75, 3.05) is 13.1 Å². The monoisotopic (exact) mass is 136 g/mol. The molecule has 0 saturated carbocycles. The Labute approximate surface area is 60.8 Å². The largest absolute Gasteiger partial charge is 0.320 e. The minimum atomic E-state index is -0.0885. The second-order valence-corrected chi connectivity index (χ2v) is 3.09. The first-order valence-corrected chi connectivity index (χ1v) is 3.67. The van der Waals surface area contributed by atoms with Crippen LogP contribution < -0.4 is 11.1 Å². The van der Waals surface area contributed by atoms with Crippen LogP contribution in [0.15, 0.2) is 24.3 Å². The smallest absolute Gasteiger partial charge is 0.0544 e. The SMILES string of the molecule is N[C@]12C=CC=C[C@H]1CNC2. The summed E-state index contributed by atoms with van der Waals surface area (Å²) in [7, 11) is 0. The number of hydrogen-bond acceptors (Lipinski definition) is 2. The third-order valence-electron chi connectivity index (χ3n) is 2.35. The third kappa shape index (κ3) is 0.728. The Morgan fingerprint density at radius 3 is 3.20 bits per heavy atom. The summed E-state index contributed by atoms with van der Waals surface area (Å²) < 4.78 is 0. The van der Waals surface area contributed by atoms with Crippen molar-refractivity contribution in [1.29, 1.82) is 0 Å². The van der Waals surface area contributed by atoms with Crippen molar-refractivity contribution >= 4 is 0 Å². The number of fused-ring (bicyclic) bond motifs is 1. The van der Waals surface area contributed by atoms with Crippen molar-refractivity contribution < 1.29 is 0 Å². The molecule has 0 aromatic heterocycles. The van der Waals surface area contributed by atoms with Gasteiger partial charge in [0, 0.05) is 19.0 Å². The molecule has 1 fully saturated rings. The Morgan fingerprint density at radius 1 is 1.50 bits per heavy atom. The van der Waals surface area contributed by atoms with Gasteiger partial charge < -0.3 is 11.1 Å². The van der Waals surface area contributed by atoms with E-state index in [-0.39, 0.29) is 5.54 Å². The van der Waals surface area contributed by atoms with Gasteiger partial charge in [-0.2, -0.15) is 0 Å². The van der Waals surface area contributed by atoms with Crippen molar-refractivity contribution in [2.24, 2.45) is 11.7 Å². The van der Waals surface area contributed by atoms with E-state index in [0.29, 0.717) is 5.92 Å². The molecule has 2 rings (SSSR count). The number of nitrogens with one attached hydrogen (secondary N) is 1. The average molecular weight is 136 g/mol. The highest BCUT2D eigenvalue weighted by atomic mass is 15.0. The molecule has 0 bridgehead atoms. The van der Waals surface area contributed by atoms with Gasteiger partial charge in [0.1, 0.15) is 0 Å². The molecule has 0 spiro atoms. The molecule has 2 atom stereocenters. The van der Waals surface area contributed by atoms with E-state index in [1.165, 1.54) is 0 Å². The molecule has 2 aliphatic rings. The van der Waals surface area contributed by atoms with Crippen LogP contribution in [0.25, 0.3) is 0 Å². The van der Waals surface area contributed by atoms with Gasteiger partial charge in [0.15, 0.2) is 0 Å². The number of hydrogen-bond donors (Lipinski definition) is 2. The lowest BCUT2D eigenvalue weighted by atomic mass is 9.85. The summed E-state index contributed by atoms with van der Waals surface area (Å²) in [5, 5.41) is 3.28. The van der Waals surface area contributed by atoms with E-state index < -0.39 is 0 Å². The van der Waals surface area contributed by atoms with E-state index in [1.54, 1.807) is 0 Å². The zero-order valence-electron chi connectivity index (χ0n) is 5.88. The fourth-order valence-electron chi connectivity index (χ4n) is 1.63. The van der Waals surface area contributed by atoms with Gasteiger partial charge in [-0.05, 0) is 0 Å². The van der Waals surface area contributed by atoms with Crippen LogP contribution in [0.1, 0.15) is 0 Å². The van der Waals surface area contributed by atoms with Gasteiger partial charge in [0.25, 0.3) is 0 Å². The summed E-state index contributed by atoms with van der Waals surface area (Å²) in [6, 6.07) is 0. The van der Waals surface area contributed by atoms with Crippen molar-refractivity contribution in [3.05, 3.63) is 24.3 Å². The highest BCUT2D eigenvalue weighted by Gasteiger charge is 2.36. The van der Waals surface area contributed by atoms with Crippen LogP contribution in [0.4, 0.5) is 0 Å². The Kier molecular flexibility index (Phi) is 1.19. The fraction of sp³-hybridized carbons (Fsp3) is 0.500. The third-order valence-corrected chi connectivity index (χ3v) is 2.35. The molecule has 0 aromatic rings. The molecule has 0 radical (unpaired) electrons. The maximum absolute atomic E-state index is 6.06. The first-order valence-electron chi connectivity index (χ1n) is 3.67. The van der Waals surface area contributed by atoms with Gasteiger partial charge in [0.2, 0.25) is 0 Å². The molecular weight excluding hydrogens is 124 g/mol. The second-order valence-electron chi connectivity index (χ2n) is 3.09.